The first-order valence-electron chi connectivity index (χ1n) is 12.0. The van der Waals surface area contributed by atoms with Crippen molar-refractivity contribution in [2.75, 3.05) is 16.8 Å². The SMILES string of the molecule is CC(C)N(CC(=O)N1c2ccccc2-n2cccc2C1c1ccc(F)cc1)C(=O)Nc1ccccc1Br. The Balaban J connectivity index is 1.52. The van der Waals surface area contributed by atoms with Crippen LogP contribution in [0.5, 0.6) is 0 Å². The van der Waals surface area contributed by atoms with Crippen LogP contribution >= 0.6 is 15.9 Å². The number of anilines is 2. The van der Waals surface area contributed by atoms with E-state index in [1.54, 1.807) is 23.1 Å². The van der Waals surface area contributed by atoms with Gasteiger partial charge in [-0.05, 0) is 83.9 Å². The zero-order valence-corrected chi connectivity index (χ0v) is 22.0. The van der Waals surface area contributed by atoms with Crippen LogP contribution in [0.2, 0.25) is 0 Å². The minimum Gasteiger partial charge on any atom is -0.316 e. The molecule has 3 aromatic carbocycles. The molecule has 3 amide bonds. The van der Waals surface area contributed by atoms with Gasteiger partial charge in [0.15, 0.2) is 0 Å². The van der Waals surface area contributed by atoms with Crippen LogP contribution in [0, 0.1) is 5.82 Å². The smallest absolute Gasteiger partial charge is 0.316 e. The zero-order valence-electron chi connectivity index (χ0n) is 20.4. The second-order valence-corrected chi connectivity index (χ2v) is 10.00. The predicted molar refractivity (Wildman–Crippen MR) is 147 cm³/mol. The maximum atomic E-state index is 14.1. The monoisotopic (exact) mass is 560 g/mol. The topological polar surface area (TPSA) is 57.6 Å². The Kier molecular flexibility index (Phi) is 6.84. The number of aromatic nitrogens is 1. The van der Waals surface area contributed by atoms with Gasteiger partial charge in [-0.1, -0.05) is 36.4 Å². The Bertz CT molecular complexity index is 1450. The fourth-order valence-corrected chi connectivity index (χ4v) is 5.07. The molecule has 0 radical (unpaired) electrons. The van der Waals surface area contributed by atoms with Crippen molar-refractivity contribution in [1.29, 1.82) is 0 Å². The van der Waals surface area contributed by atoms with Crippen LogP contribution in [-0.4, -0.2) is 34.0 Å². The molecule has 2 heterocycles. The van der Waals surface area contributed by atoms with Gasteiger partial charge >= 0.3 is 6.03 Å². The highest BCUT2D eigenvalue weighted by atomic mass is 79.9. The van der Waals surface area contributed by atoms with Gasteiger partial charge in [0.1, 0.15) is 18.4 Å². The van der Waals surface area contributed by atoms with Gasteiger partial charge in [0.05, 0.1) is 22.8 Å². The van der Waals surface area contributed by atoms with Crippen molar-refractivity contribution in [3.05, 3.63) is 113 Å². The molecule has 0 saturated heterocycles. The van der Waals surface area contributed by atoms with E-state index in [1.165, 1.54) is 17.0 Å². The number of fused-ring (bicyclic) bond motifs is 3. The second kappa shape index (κ2) is 10.2. The van der Waals surface area contributed by atoms with Crippen LogP contribution in [-0.2, 0) is 4.79 Å². The lowest BCUT2D eigenvalue weighted by atomic mass is 9.97. The Morgan fingerprint density at radius 1 is 0.946 bits per heavy atom. The molecule has 188 valence electrons. The fraction of sp³-hybridized carbons (Fsp3) is 0.172. The molecule has 0 bridgehead atoms. The van der Waals surface area contributed by atoms with Gasteiger partial charge in [-0.3, -0.25) is 9.69 Å². The van der Waals surface area contributed by atoms with Crippen molar-refractivity contribution in [2.24, 2.45) is 0 Å². The Morgan fingerprint density at radius 2 is 1.62 bits per heavy atom. The number of nitrogens with zero attached hydrogens (tertiary/aromatic N) is 3. The van der Waals surface area contributed by atoms with Gasteiger partial charge in [0.2, 0.25) is 5.91 Å². The number of amides is 3. The van der Waals surface area contributed by atoms with Crippen molar-refractivity contribution in [2.45, 2.75) is 25.9 Å². The molecule has 37 heavy (non-hydrogen) atoms. The number of carbonyl (C=O) groups excluding carboxylic acids is 2. The molecule has 1 atom stereocenters. The van der Waals surface area contributed by atoms with E-state index in [-0.39, 0.29) is 30.3 Å². The van der Waals surface area contributed by atoms with E-state index in [2.05, 4.69) is 21.2 Å². The van der Waals surface area contributed by atoms with Crippen LogP contribution in [0.15, 0.2) is 95.6 Å². The summed E-state index contributed by atoms with van der Waals surface area (Å²) in [6.45, 7) is 3.61. The number of carbonyl (C=O) groups is 2. The summed E-state index contributed by atoms with van der Waals surface area (Å²) in [7, 11) is 0. The number of urea groups is 1. The molecule has 5 rings (SSSR count). The summed E-state index contributed by atoms with van der Waals surface area (Å²) in [5.41, 5.74) is 3.87. The molecular weight excluding hydrogens is 535 g/mol. The Morgan fingerprint density at radius 3 is 2.32 bits per heavy atom. The summed E-state index contributed by atoms with van der Waals surface area (Å²) >= 11 is 3.46. The minimum atomic E-state index is -0.488. The van der Waals surface area contributed by atoms with Gasteiger partial charge in [-0.15, -0.1) is 0 Å². The standard InChI is InChI=1S/C29H26BrFN4O2/c1-19(2)34(29(37)32-23-9-4-3-8-22(23)30)18-27(36)35-25-11-6-5-10-24(25)33-17-7-12-26(33)28(35)20-13-15-21(31)16-14-20/h3-17,19,28H,18H2,1-2H3,(H,32,37). The first kappa shape index (κ1) is 24.8. The van der Waals surface area contributed by atoms with Crippen LogP contribution < -0.4 is 10.2 Å². The molecule has 8 heteroatoms. The molecule has 6 nitrogen and oxygen atoms in total. The van der Waals surface area contributed by atoms with Crippen LogP contribution in [0.4, 0.5) is 20.6 Å². The van der Waals surface area contributed by atoms with Crippen molar-refractivity contribution >= 4 is 39.2 Å². The molecule has 1 aromatic heterocycles. The van der Waals surface area contributed by atoms with Crippen molar-refractivity contribution in [3.63, 3.8) is 0 Å². The molecular formula is C29H26BrFN4O2. The average molecular weight is 561 g/mol. The number of para-hydroxylation sites is 3. The first-order valence-corrected chi connectivity index (χ1v) is 12.8. The zero-order chi connectivity index (χ0) is 26.1. The lowest BCUT2D eigenvalue weighted by Gasteiger charge is -2.40. The van der Waals surface area contributed by atoms with E-state index < -0.39 is 6.04 Å². The molecule has 1 aliphatic rings. The number of hydrogen-bond donors (Lipinski definition) is 1. The number of benzene rings is 3. The van der Waals surface area contributed by atoms with Gasteiger partial charge < -0.3 is 14.8 Å². The largest absolute Gasteiger partial charge is 0.322 e. The summed E-state index contributed by atoms with van der Waals surface area (Å²) in [6, 6.07) is 24.0. The fourth-order valence-electron chi connectivity index (χ4n) is 4.68. The summed E-state index contributed by atoms with van der Waals surface area (Å²) in [4.78, 5) is 30.6. The molecule has 0 saturated carbocycles. The number of hydrogen-bond acceptors (Lipinski definition) is 2. The van der Waals surface area contributed by atoms with Crippen molar-refractivity contribution < 1.29 is 14.0 Å². The summed E-state index contributed by atoms with van der Waals surface area (Å²) in [5.74, 6) is -0.590. The third-order valence-electron chi connectivity index (χ3n) is 6.48. The number of nitrogens with one attached hydrogen (secondary N) is 1. The van der Waals surface area contributed by atoms with E-state index in [9.17, 15) is 14.0 Å². The molecule has 1 aliphatic heterocycles. The summed E-state index contributed by atoms with van der Waals surface area (Å²) in [5, 5.41) is 2.90. The van der Waals surface area contributed by atoms with Crippen LogP contribution in [0.3, 0.4) is 0 Å². The quantitative estimate of drug-likeness (QED) is 0.293. The molecule has 0 aliphatic carbocycles. The highest BCUT2D eigenvalue weighted by molar-refractivity contribution is 9.10. The molecule has 1 unspecified atom stereocenters. The predicted octanol–water partition coefficient (Wildman–Crippen LogP) is 6.76. The summed E-state index contributed by atoms with van der Waals surface area (Å²) < 4.78 is 16.6. The molecule has 0 fully saturated rings. The first-order chi connectivity index (χ1) is 17.8. The van der Waals surface area contributed by atoms with Crippen molar-refractivity contribution in [3.8, 4) is 5.69 Å². The maximum absolute atomic E-state index is 14.1. The van der Waals surface area contributed by atoms with Gasteiger partial charge in [-0.25, -0.2) is 9.18 Å². The van der Waals surface area contributed by atoms with E-state index >= 15 is 0 Å². The number of rotatable bonds is 5. The second-order valence-electron chi connectivity index (χ2n) is 9.14. The summed E-state index contributed by atoms with van der Waals surface area (Å²) in [6.07, 6.45) is 1.96. The Labute approximate surface area is 223 Å². The van der Waals surface area contributed by atoms with Crippen molar-refractivity contribution in [1.82, 2.24) is 9.47 Å². The number of halogens is 2. The van der Waals surface area contributed by atoms with E-state index in [1.807, 2.05) is 79.2 Å². The third kappa shape index (κ3) is 4.76. The highest BCUT2D eigenvalue weighted by Gasteiger charge is 2.37. The average Bonchev–Trinajstić information content (AvgIpc) is 3.38. The molecule has 4 aromatic rings. The highest BCUT2D eigenvalue weighted by Crippen LogP contribution is 2.42. The lowest BCUT2D eigenvalue weighted by Crippen LogP contribution is -2.49. The van der Waals surface area contributed by atoms with Crippen LogP contribution in [0.1, 0.15) is 31.1 Å². The maximum Gasteiger partial charge on any atom is 0.322 e. The van der Waals surface area contributed by atoms with Gasteiger partial charge in [0.25, 0.3) is 0 Å². The third-order valence-corrected chi connectivity index (χ3v) is 7.17. The minimum absolute atomic E-state index is 0.138. The van der Waals surface area contributed by atoms with E-state index in [0.29, 0.717) is 5.69 Å². The van der Waals surface area contributed by atoms with Gasteiger partial charge in [-0.2, -0.15) is 0 Å². The molecule has 1 N–H and O–H groups in total. The lowest BCUT2D eigenvalue weighted by molar-refractivity contribution is -0.119. The Hall–Kier alpha value is -3.91. The van der Waals surface area contributed by atoms with E-state index in [4.69, 9.17) is 0 Å². The van der Waals surface area contributed by atoms with E-state index in [0.717, 1.165) is 27.1 Å². The van der Waals surface area contributed by atoms with Crippen LogP contribution in [0.25, 0.3) is 5.69 Å². The van der Waals surface area contributed by atoms with Gasteiger partial charge in [0, 0.05) is 16.7 Å². The molecule has 0 spiro atoms. The normalized spacial score (nSPS) is 14.2.